The number of aromatic hydroxyl groups is 1. The van der Waals surface area contributed by atoms with Gasteiger partial charge in [0, 0.05) is 12.7 Å². The molecule has 1 N–H and O–H groups in total. The largest absolute Gasteiger partial charge is 0.508 e. The van der Waals surface area contributed by atoms with Crippen molar-refractivity contribution < 1.29 is 9.90 Å². The Labute approximate surface area is 111 Å². The molecule has 0 aliphatic rings. The minimum Gasteiger partial charge on any atom is -0.508 e. The molecule has 0 aliphatic carbocycles. The first kappa shape index (κ1) is 12.1. The number of phenolic OH excluding ortho intramolecular Hbond substituents is 1. The van der Waals surface area contributed by atoms with Gasteiger partial charge in [-0.1, -0.05) is 0 Å². The van der Waals surface area contributed by atoms with Gasteiger partial charge in [0.05, 0.1) is 6.20 Å². The fraction of sp³-hybridized carbons (Fsp3) is 0.0909. The summed E-state index contributed by atoms with van der Waals surface area (Å²) in [5.41, 5.74) is 0.720. The number of thiazole rings is 1. The Morgan fingerprint density at radius 3 is 2.59 bits per heavy atom. The zero-order chi connectivity index (χ0) is 12.4. The zero-order valence-corrected chi connectivity index (χ0v) is 11.3. The second-order valence-corrected chi connectivity index (χ2v) is 5.66. The Bertz CT molecular complexity index is 539. The molecule has 0 fully saturated rings. The number of aromatic nitrogens is 1. The van der Waals surface area contributed by atoms with Crippen molar-refractivity contribution in [1.82, 2.24) is 4.98 Å². The first-order valence-corrected chi connectivity index (χ1v) is 6.37. The molecule has 17 heavy (non-hydrogen) atoms. The Morgan fingerprint density at radius 1 is 1.41 bits per heavy atom. The van der Waals surface area contributed by atoms with Crippen molar-refractivity contribution in [1.29, 1.82) is 0 Å². The van der Waals surface area contributed by atoms with Crippen molar-refractivity contribution >= 4 is 38.9 Å². The van der Waals surface area contributed by atoms with Gasteiger partial charge in [0.1, 0.15) is 10.6 Å². The average Bonchev–Trinajstić information content (AvgIpc) is 2.75. The Hall–Kier alpha value is -1.40. The number of amides is 1. The van der Waals surface area contributed by atoms with Crippen molar-refractivity contribution in [3.8, 4) is 5.75 Å². The van der Waals surface area contributed by atoms with E-state index in [9.17, 15) is 9.90 Å². The minimum atomic E-state index is -0.126. The van der Waals surface area contributed by atoms with E-state index in [1.165, 1.54) is 22.4 Å². The van der Waals surface area contributed by atoms with Crippen molar-refractivity contribution in [2.45, 2.75) is 0 Å². The molecular formula is C11H9BrN2O2S. The number of rotatable bonds is 2. The maximum Gasteiger partial charge on any atom is 0.269 e. The second-order valence-electron chi connectivity index (χ2n) is 3.36. The van der Waals surface area contributed by atoms with E-state index in [1.807, 2.05) is 0 Å². The van der Waals surface area contributed by atoms with Crippen molar-refractivity contribution in [3.05, 3.63) is 39.3 Å². The lowest BCUT2D eigenvalue weighted by molar-refractivity contribution is 0.0996. The molecule has 1 aromatic heterocycles. The molecule has 1 heterocycles. The summed E-state index contributed by atoms with van der Waals surface area (Å²) in [6.45, 7) is 0. The predicted octanol–water partition coefficient (Wildman–Crippen LogP) is 2.89. The topological polar surface area (TPSA) is 53.4 Å². The molecule has 0 radical (unpaired) electrons. The molecule has 2 rings (SSSR count). The molecule has 88 valence electrons. The van der Waals surface area contributed by atoms with Crippen LogP contribution in [0.1, 0.15) is 9.67 Å². The van der Waals surface area contributed by atoms with E-state index in [0.717, 1.165) is 5.69 Å². The van der Waals surface area contributed by atoms with Crippen LogP contribution in [0.3, 0.4) is 0 Å². The van der Waals surface area contributed by atoms with Gasteiger partial charge >= 0.3 is 0 Å². The maximum atomic E-state index is 12.1. The number of benzene rings is 1. The van der Waals surface area contributed by atoms with E-state index in [2.05, 4.69) is 20.9 Å². The van der Waals surface area contributed by atoms with Gasteiger partial charge in [0.2, 0.25) is 0 Å². The Morgan fingerprint density at radius 2 is 2.06 bits per heavy atom. The highest BCUT2D eigenvalue weighted by atomic mass is 79.9. The van der Waals surface area contributed by atoms with Crippen LogP contribution in [0.4, 0.5) is 5.69 Å². The van der Waals surface area contributed by atoms with E-state index in [-0.39, 0.29) is 11.7 Å². The van der Waals surface area contributed by atoms with E-state index < -0.39 is 0 Å². The van der Waals surface area contributed by atoms with Crippen LogP contribution in [0.15, 0.2) is 34.4 Å². The lowest BCUT2D eigenvalue weighted by Crippen LogP contribution is -2.25. The molecule has 0 saturated heterocycles. The zero-order valence-electron chi connectivity index (χ0n) is 8.92. The summed E-state index contributed by atoms with van der Waals surface area (Å²) in [6, 6.07) is 6.45. The fourth-order valence-corrected chi connectivity index (χ4v) is 2.55. The quantitative estimate of drug-likeness (QED) is 0.927. The third kappa shape index (κ3) is 2.65. The van der Waals surface area contributed by atoms with Gasteiger partial charge in [0.25, 0.3) is 5.91 Å². The van der Waals surface area contributed by atoms with Gasteiger partial charge < -0.3 is 10.0 Å². The molecule has 6 heteroatoms. The predicted molar refractivity (Wildman–Crippen MR) is 70.7 cm³/mol. The third-order valence-corrected chi connectivity index (χ3v) is 3.69. The molecule has 2 aromatic rings. The Balaban J connectivity index is 2.23. The Kier molecular flexibility index (Phi) is 3.44. The summed E-state index contributed by atoms with van der Waals surface area (Å²) < 4.78 is 0.681. The first-order chi connectivity index (χ1) is 8.08. The monoisotopic (exact) mass is 312 g/mol. The van der Waals surface area contributed by atoms with Crippen LogP contribution >= 0.6 is 27.3 Å². The summed E-state index contributed by atoms with van der Waals surface area (Å²) in [5, 5.41) is 9.18. The van der Waals surface area contributed by atoms with Crippen molar-refractivity contribution in [2.24, 2.45) is 0 Å². The van der Waals surface area contributed by atoms with Crippen LogP contribution in [0.2, 0.25) is 0 Å². The highest BCUT2D eigenvalue weighted by Crippen LogP contribution is 2.23. The van der Waals surface area contributed by atoms with Gasteiger partial charge in [-0.2, -0.15) is 0 Å². The smallest absolute Gasteiger partial charge is 0.269 e. The lowest BCUT2D eigenvalue weighted by Gasteiger charge is -2.15. The summed E-state index contributed by atoms with van der Waals surface area (Å²) in [5.74, 6) is 0.0500. The molecule has 0 bridgehead atoms. The SMILES string of the molecule is CN(C(=O)c1cnc(Br)s1)c1ccc(O)cc1. The molecule has 0 unspecified atom stereocenters. The van der Waals surface area contributed by atoms with E-state index >= 15 is 0 Å². The third-order valence-electron chi connectivity index (χ3n) is 2.23. The minimum absolute atomic E-state index is 0.126. The number of hydrogen-bond acceptors (Lipinski definition) is 4. The number of halogens is 1. The molecule has 1 amide bonds. The van der Waals surface area contributed by atoms with Gasteiger partial charge in [-0.05, 0) is 40.2 Å². The number of carbonyl (C=O) groups excluding carboxylic acids is 1. The second kappa shape index (κ2) is 4.85. The molecular weight excluding hydrogens is 304 g/mol. The van der Waals surface area contributed by atoms with Crippen molar-refractivity contribution in [2.75, 3.05) is 11.9 Å². The summed E-state index contributed by atoms with van der Waals surface area (Å²) in [4.78, 5) is 18.1. The van der Waals surface area contributed by atoms with Crippen LogP contribution in [-0.4, -0.2) is 23.0 Å². The van der Waals surface area contributed by atoms with Gasteiger partial charge in [-0.25, -0.2) is 4.98 Å². The first-order valence-electron chi connectivity index (χ1n) is 4.76. The van der Waals surface area contributed by atoms with E-state index in [1.54, 1.807) is 31.3 Å². The fourth-order valence-electron chi connectivity index (χ4n) is 1.31. The van der Waals surface area contributed by atoms with E-state index in [0.29, 0.717) is 8.79 Å². The highest BCUT2D eigenvalue weighted by Gasteiger charge is 2.15. The number of carbonyl (C=O) groups is 1. The highest BCUT2D eigenvalue weighted by molar-refractivity contribution is 9.11. The number of hydrogen-bond donors (Lipinski definition) is 1. The number of nitrogens with zero attached hydrogens (tertiary/aromatic N) is 2. The summed E-state index contributed by atoms with van der Waals surface area (Å²) in [6.07, 6.45) is 1.54. The molecule has 0 atom stereocenters. The number of phenols is 1. The van der Waals surface area contributed by atoms with Crippen LogP contribution < -0.4 is 4.90 Å². The van der Waals surface area contributed by atoms with Gasteiger partial charge in [0.15, 0.2) is 3.92 Å². The van der Waals surface area contributed by atoms with E-state index in [4.69, 9.17) is 0 Å². The molecule has 4 nitrogen and oxygen atoms in total. The molecule has 0 aliphatic heterocycles. The van der Waals surface area contributed by atoms with Crippen LogP contribution in [0.25, 0.3) is 0 Å². The van der Waals surface area contributed by atoms with Crippen LogP contribution in [0, 0.1) is 0 Å². The maximum absolute atomic E-state index is 12.1. The molecule has 0 saturated carbocycles. The summed E-state index contributed by atoms with van der Waals surface area (Å²) >= 11 is 4.51. The standard InChI is InChI=1S/C11H9BrN2O2S/c1-14(7-2-4-8(15)5-3-7)10(16)9-6-13-11(12)17-9/h2-6,15H,1H3. The van der Waals surface area contributed by atoms with Crippen LogP contribution in [0.5, 0.6) is 5.75 Å². The molecule has 0 spiro atoms. The number of anilines is 1. The van der Waals surface area contributed by atoms with Crippen molar-refractivity contribution in [3.63, 3.8) is 0 Å². The summed E-state index contributed by atoms with van der Waals surface area (Å²) in [7, 11) is 1.68. The normalized spacial score (nSPS) is 10.2. The van der Waals surface area contributed by atoms with Crippen LogP contribution in [-0.2, 0) is 0 Å². The van der Waals surface area contributed by atoms with Gasteiger partial charge in [-0.3, -0.25) is 4.79 Å². The average molecular weight is 313 g/mol. The molecule has 1 aromatic carbocycles. The lowest BCUT2D eigenvalue weighted by atomic mass is 10.3. The van der Waals surface area contributed by atoms with Gasteiger partial charge in [-0.15, -0.1) is 11.3 Å².